The topological polar surface area (TPSA) is 15.8 Å². The molecular formula is C26H17N. The summed E-state index contributed by atoms with van der Waals surface area (Å²) >= 11 is 0. The van der Waals surface area contributed by atoms with Crippen molar-refractivity contribution in [1.82, 2.24) is 4.98 Å². The fourth-order valence-electron chi connectivity index (χ4n) is 4.27. The third kappa shape index (κ3) is 2.18. The molecule has 0 atom stereocenters. The molecule has 5 aromatic carbocycles. The van der Waals surface area contributed by atoms with E-state index in [0.29, 0.717) is 0 Å². The molecule has 1 aromatic heterocycles. The van der Waals surface area contributed by atoms with Crippen LogP contribution in [0.4, 0.5) is 0 Å². The standard InChI is InChI=1S/C26H17N/c1-3-7-17(8-4-1)21-13-19-11-12-20-14-22(18-9-5-2-6-10-18)16-24-26(20)25(19)23(15-21)27-24/h1-16,27H. The number of hydrogen-bond donors (Lipinski definition) is 1. The van der Waals surface area contributed by atoms with Gasteiger partial charge >= 0.3 is 0 Å². The maximum absolute atomic E-state index is 3.68. The van der Waals surface area contributed by atoms with Gasteiger partial charge in [0.05, 0.1) is 0 Å². The molecule has 1 heteroatoms. The molecule has 0 fully saturated rings. The number of aromatic amines is 1. The number of nitrogens with one attached hydrogen (secondary N) is 1. The first-order chi connectivity index (χ1) is 13.4. The average molecular weight is 343 g/mol. The van der Waals surface area contributed by atoms with Gasteiger partial charge in [0.15, 0.2) is 0 Å². The second-order valence-corrected chi connectivity index (χ2v) is 7.17. The Labute approximate surface area is 157 Å². The van der Waals surface area contributed by atoms with E-state index in [1.165, 1.54) is 54.8 Å². The van der Waals surface area contributed by atoms with Crippen LogP contribution in [0.3, 0.4) is 0 Å². The SMILES string of the molecule is c1ccc(-c2cc3ccc4cc(-c5ccccc5)cc5[nH]c(c2)c3c45)cc1. The number of H-pyrrole nitrogens is 1. The van der Waals surface area contributed by atoms with Crippen LogP contribution in [0.2, 0.25) is 0 Å². The van der Waals surface area contributed by atoms with E-state index in [9.17, 15) is 0 Å². The molecular weight excluding hydrogens is 326 g/mol. The highest BCUT2D eigenvalue weighted by Gasteiger charge is 2.14. The Morgan fingerprint density at radius 1 is 0.407 bits per heavy atom. The van der Waals surface area contributed by atoms with E-state index in [0.717, 1.165) is 0 Å². The first-order valence-electron chi connectivity index (χ1n) is 9.29. The molecule has 1 N–H and O–H groups in total. The Bertz CT molecular complexity index is 1280. The van der Waals surface area contributed by atoms with Crippen LogP contribution in [0, 0.1) is 0 Å². The number of hydrogen-bond acceptors (Lipinski definition) is 0. The highest BCUT2D eigenvalue weighted by atomic mass is 14.7. The third-order valence-electron chi connectivity index (χ3n) is 5.51. The lowest BCUT2D eigenvalue weighted by molar-refractivity contribution is 1.54. The van der Waals surface area contributed by atoms with Gasteiger partial charge in [-0.3, -0.25) is 0 Å². The lowest BCUT2D eigenvalue weighted by Crippen LogP contribution is -1.82. The van der Waals surface area contributed by atoms with Crippen molar-refractivity contribution >= 4 is 32.6 Å². The molecule has 0 aliphatic rings. The number of aromatic nitrogens is 1. The van der Waals surface area contributed by atoms with Gasteiger partial charge in [-0.05, 0) is 57.3 Å². The summed E-state index contributed by atoms with van der Waals surface area (Å²) in [6.45, 7) is 0. The molecule has 0 amide bonds. The molecule has 0 spiro atoms. The van der Waals surface area contributed by atoms with Crippen molar-refractivity contribution < 1.29 is 0 Å². The van der Waals surface area contributed by atoms with Gasteiger partial charge in [0.1, 0.15) is 0 Å². The van der Waals surface area contributed by atoms with Gasteiger partial charge in [-0.25, -0.2) is 0 Å². The molecule has 6 rings (SSSR count). The zero-order valence-electron chi connectivity index (χ0n) is 14.7. The Balaban J connectivity index is 1.66. The quantitative estimate of drug-likeness (QED) is 0.319. The zero-order valence-corrected chi connectivity index (χ0v) is 14.7. The lowest BCUT2D eigenvalue weighted by atomic mass is 9.95. The van der Waals surface area contributed by atoms with Gasteiger partial charge in [0.25, 0.3) is 0 Å². The molecule has 0 saturated carbocycles. The van der Waals surface area contributed by atoms with Crippen molar-refractivity contribution in [2.45, 2.75) is 0 Å². The molecule has 6 aromatic rings. The summed E-state index contributed by atoms with van der Waals surface area (Å²) < 4.78 is 0. The Morgan fingerprint density at radius 3 is 1.30 bits per heavy atom. The lowest BCUT2D eigenvalue weighted by Gasteiger charge is -2.08. The molecule has 126 valence electrons. The second-order valence-electron chi connectivity index (χ2n) is 7.17. The van der Waals surface area contributed by atoms with Crippen LogP contribution in [0.1, 0.15) is 0 Å². The van der Waals surface area contributed by atoms with Crippen molar-refractivity contribution in [3.05, 3.63) is 97.1 Å². The fourth-order valence-corrected chi connectivity index (χ4v) is 4.27. The van der Waals surface area contributed by atoms with Crippen molar-refractivity contribution in [2.75, 3.05) is 0 Å². The summed E-state index contributed by atoms with van der Waals surface area (Å²) in [7, 11) is 0. The Kier molecular flexibility index (Phi) is 2.95. The molecule has 0 radical (unpaired) electrons. The van der Waals surface area contributed by atoms with Gasteiger partial charge in [0.2, 0.25) is 0 Å². The highest BCUT2D eigenvalue weighted by molar-refractivity contribution is 6.24. The number of benzene rings is 5. The molecule has 0 saturated heterocycles. The van der Waals surface area contributed by atoms with Crippen LogP contribution in [-0.2, 0) is 0 Å². The van der Waals surface area contributed by atoms with Crippen LogP contribution in [0.15, 0.2) is 97.1 Å². The Morgan fingerprint density at radius 2 is 0.852 bits per heavy atom. The molecule has 1 nitrogen and oxygen atoms in total. The number of rotatable bonds is 2. The third-order valence-corrected chi connectivity index (χ3v) is 5.51. The summed E-state index contributed by atoms with van der Waals surface area (Å²) in [6.07, 6.45) is 0. The van der Waals surface area contributed by atoms with Gasteiger partial charge in [0, 0.05) is 21.8 Å². The molecule has 27 heavy (non-hydrogen) atoms. The summed E-state index contributed by atoms with van der Waals surface area (Å²) in [5.41, 5.74) is 7.41. The van der Waals surface area contributed by atoms with Crippen LogP contribution < -0.4 is 0 Å². The van der Waals surface area contributed by atoms with Crippen molar-refractivity contribution in [3.63, 3.8) is 0 Å². The summed E-state index contributed by atoms with van der Waals surface area (Å²) in [6, 6.07) is 34.8. The summed E-state index contributed by atoms with van der Waals surface area (Å²) in [4.78, 5) is 3.68. The van der Waals surface area contributed by atoms with Gasteiger partial charge in [-0.1, -0.05) is 72.8 Å². The second kappa shape index (κ2) is 5.46. The smallest absolute Gasteiger partial charge is 0.0477 e. The monoisotopic (exact) mass is 343 g/mol. The maximum Gasteiger partial charge on any atom is 0.0477 e. The molecule has 0 aliphatic carbocycles. The summed E-state index contributed by atoms with van der Waals surface area (Å²) in [5, 5.41) is 5.25. The minimum absolute atomic E-state index is 1.21. The van der Waals surface area contributed by atoms with Gasteiger partial charge < -0.3 is 4.98 Å². The summed E-state index contributed by atoms with van der Waals surface area (Å²) in [5.74, 6) is 0. The Hall–Kier alpha value is -3.58. The minimum Gasteiger partial charge on any atom is -0.354 e. The molecule has 1 heterocycles. The largest absolute Gasteiger partial charge is 0.354 e. The van der Waals surface area contributed by atoms with Gasteiger partial charge in [-0.2, -0.15) is 0 Å². The normalized spacial score (nSPS) is 11.7. The van der Waals surface area contributed by atoms with E-state index in [4.69, 9.17) is 0 Å². The van der Waals surface area contributed by atoms with Crippen molar-refractivity contribution in [2.24, 2.45) is 0 Å². The van der Waals surface area contributed by atoms with Crippen LogP contribution in [0.5, 0.6) is 0 Å². The predicted molar refractivity (Wildman–Crippen MR) is 115 cm³/mol. The van der Waals surface area contributed by atoms with Crippen LogP contribution in [-0.4, -0.2) is 4.98 Å². The van der Waals surface area contributed by atoms with Crippen molar-refractivity contribution in [1.29, 1.82) is 0 Å². The van der Waals surface area contributed by atoms with E-state index in [-0.39, 0.29) is 0 Å². The molecule has 0 bridgehead atoms. The average Bonchev–Trinajstić information content (AvgIpc) is 3.12. The van der Waals surface area contributed by atoms with E-state index in [1.807, 2.05) is 0 Å². The maximum atomic E-state index is 3.68. The van der Waals surface area contributed by atoms with Crippen molar-refractivity contribution in [3.8, 4) is 22.3 Å². The van der Waals surface area contributed by atoms with E-state index in [1.54, 1.807) is 0 Å². The zero-order chi connectivity index (χ0) is 17.8. The first kappa shape index (κ1) is 14.6. The minimum atomic E-state index is 1.21. The highest BCUT2D eigenvalue weighted by Crippen LogP contribution is 2.39. The fraction of sp³-hybridized carbons (Fsp3) is 0. The predicted octanol–water partition coefficient (Wildman–Crippen LogP) is 7.25. The van der Waals surface area contributed by atoms with E-state index in [2.05, 4.69) is 102 Å². The van der Waals surface area contributed by atoms with Gasteiger partial charge in [-0.15, -0.1) is 0 Å². The molecule has 0 unspecified atom stereocenters. The van der Waals surface area contributed by atoms with E-state index < -0.39 is 0 Å². The van der Waals surface area contributed by atoms with Crippen LogP contribution in [0.25, 0.3) is 54.8 Å². The van der Waals surface area contributed by atoms with E-state index >= 15 is 0 Å². The first-order valence-corrected chi connectivity index (χ1v) is 9.29. The molecule has 0 aliphatic heterocycles. The van der Waals surface area contributed by atoms with Crippen LogP contribution >= 0.6 is 0 Å².